The summed E-state index contributed by atoms with van der Waals surface area (Å²) in [5, 5.41) is 143. The van der Waals surface area contributed by atoms with Gasteiger partial charge in [0.05, 0.1) is 42.9 Å². The highest BCUT2D eigenvalue weighted by Gasteiger charge is 2.74. The molecule has 4 aliphatic heterocycles. The number of aliphatic carboxylic acids is 1. The number of aldehydes is 1. The van der Waals surface area contributed by atoms with Crippen LogP contribution in [0.5, 0.6) is 0 Å². The molecule has 0 spiro atoms. The molecule has 86 heavy (non-hydrogen) atoms. The largest absolute Gasteiger partial charge is 0.479 e. The molecule has 0 bridgehead atoms. The highest BCUT2D eigenvalue weighted by molar-refractivity contribution is 5.87. The second-order valence-electron chi connectivity index (χ2n) is 27.3. The van der Waals surface area contributed by atoms with Crippen molar-refractivity contribution in [2.75, 3.05) is 19.8 Å². The van der Waals surface area contributed by atoms with Gasteiger partial charge in [-0.1, -0.05) is 59.3 Å². The monoisotopic (exact) mass is 1230 g/mol. The van der Waals surface area contributed by atoms with Crippen LogP contribution in [0.4, 0.5) is 0 Å². The molecule has 9 aliphatic rings. The second-order valence-corrected chi connectivity index (χ2v) is 27.3. The van der Waals surface area contributed by atoms with Gasteiger partial charge < -0.3 is 119 Å². The van der Waals surface area contributed by atoms with E-state index in [2.05, 4.69) is 26.8 Å². The number of hydrogen-bond donors (Lipinski definition) is 13. The molecule has 0 unspecified atom stereocenters. The third kappa shape index (κ3) is 11.0. The zero-order chi connectivity index (χ0) is 63.3. The van der Waals surface area contributed by atoms with E-state index < -0.39 is 224 Å². The van der Waals surface area contributed by atoms with Crippen LogP contribution in [0.15, 0.2) is 23.3 Å². The first-order valence-electron chi connectivity index (χ1n) is 29.9. The first-order chi connectivity index (χ1) is 40.2. The summed E-state index contributed by atoms with van der Waals surface area (Å²) < 4.78 is 60.4. The van der Waals surface area contributed by atoms with Crippen molar-refractivity contribution in [1.82, 2.24) is 0 Å². The summed E-state index contributed by atoms with van der Waals surface area (Å²) in [6.45, 7) is 14.5. The highest BCUT2D eigenvalue weighted by Crippen LogP contribution is 2.76. The number of hydrogen-bond acceptors (Lipinski definition) is 26. The van der Waals surface area contributed by atoms with Crippen LogP contribution in [-0.4, -0.2) is 246 Å². The van der Waals surface area contributed by atoms with Crippen LogP contribution in [0.2, 0.25) is 0 Å². The molecule has 4 heterocycles. The minimum Gasteiger partial charge on any atom is -0.479 e. The Bertz CT molecular complexity index is 2550. The van der Waals surface area contributed by atoms with Gasteiger partial charge in [0.15, 0.2) is 37.6 Å². The van der Waals surface area contributed by atoms with Crippen LogP contribution in [0, 0.1) is 50.2 Å². The minimum atomic E-state index is -2.28. The summed E-state index contributed by atoms with van der Waals surface area (Å²) in [4.78, 5) is 53.8. The van der Waals surface area contributed by atoms with E-state index in [4.69, 9.17) is 47.4 Å². The van der Waals surface area contributed by atoms with Gasteiger partial charge in [0.25, 0.3) is 0 Å². The normalized spacial score (nSPS) is 51.1. The molecule has 8 fully saturated rings. The lowest BCUT2D eigenvalue weighted by atomic mass is 9.33. The molecule has 0 aromatic heterocycles. The summed E-state index contributed by atoms with van der Waals surface area (Å²) in [6.07, 6.45) is -32.5. The Labute approximate surface area is 498 Å². The third-order valence-electron chi connectivity index (χ3n) is 22.2. The number of ether oxygens (including phenoxy) is 10. The van der Waals surface area contributed by atoms with Crippen molar-refractivity contribution in [1.29, 1.82) is 0 Å². The van der Waals surface area contributed by atoms with Crippen LogP contribution in [0.1, 0.15) is 114 Å². The SMILES string of the molecule is C/C=C(/C)C(=O)O[C@H]1[C@H](OC(C)=O)[C@]2(CO)[C@H](O)C[C@]3(C)C(=CC[C@@H]4[C@@]5(C)CC[C@H](O[C@@H]6O[C@H](C(=O)O)[C@@H](O)[C@H](O[C@@H]7O[C@H](O)[C@H](O)C[C@H]7O[C@@H]7OC[C@@H](O)[C@H](O)[C@H]7O)[C@H]6O[C@@H]6O[C@H](CO)[C@H](O)[C@H](O)[C@H]6O)[C@@](C)(C=O)[C@@H]5CC[C@]43C)[C@@H]2CC1(C)C. The Morgan fingerprint density at radius 3 is 2.00 bits per heavy atom. The zero-order valence-corrected chi connectivity index (χ0v) is 50.0. The van der Waals surface area contributed by atoms with Crippen molar-refractivity contribution in [3.8, 4) is 0 Å². The first-order valence-corrected chi connectivity index (χ1v) is 29.9. The van der Waals surface area contributed by atoms with Crippen molar-refractivity contribution in [2.45, 2.75) is 249 Å². The van der Waals surface area contributed by atoms with Gasteiger partial charge >= 0.3 is 17.9 Å². The number of fused-ring (bicyclic) bond motifs is 7. The van der Waals surface area contributed by atoms with Crippen LogP contribution in [0.25, 0.3) is 0 Å². The van der Waals surface area contributed by atoms with Crippen molar-refractivity contribution < 1.29 is 133 Å². The smallest absolute Gasteiger partial charge is 0.335 e. The van der Waals surface area contributed by atoms with Crippen molar-refractivity contribution in [3.05, 3.63) is 23.3 Å². The van der Waals surface area contributed by atoms with Crippen LogP contribution >= 0.6 is 0 Å². The number of esters is 2. The van der Waals surface area contributed by atoms with Crippen LogP contribution < -0.4 is 0 Å². The van der Waals surface area contributed by atoms with E-state index in [-0.39, 0.29) is 18.8 Å². The first kappa shape index (κ1) is 67.2. The number of aliphatic hydroxyl groups excluding tert-OH is 12. The van der Waals surface area contributed by atoms with Gasteiger partial charge in [0, 0.05) is 24.3 Å². The number of carbonyl (C=O) groups is 4. The average Bonchev–Trinajstić information content (AvgIpc) is 0.672. The van der Waals surface area contributed by atoms with E-state index in [1.165, 1.54) is 6.92 Å². The van der Waals surface area contributed by atoms with Crippen molar-refractivity contribution in [2.24, 2.45) is 50.2 Å². The number of carboxylic acid groups (broad SMARTS) is 1. The van der Waals surface area contributed by atoms with E-state index in [1.54, 1.807) is 26.8 Å². The standard InChI is InChI=1S/C59H90O27/c1-10-24(2)48(75)85-45-46(78-25(3)63)59(23-62)27(18-54(45,4)5)26-11-12-33-55(6)15-14-35(56(7,22-61)32(55)13-16-57(33,8)58(26,9)19-34(59)66)81-53-44(84-52-40(71)38(69)37(68)31(20-60)80-52)42(41(72)43(83-53)47(73)74)82-50-30(17-28(64)49(76)86-50)79-51-39(70)36(67)29(65)21-77-51/h10-11,22,27-46,49-53,60,62,64-72,76H,12-21,23H2,1-9H3,(H,73,74)/b24-10-/t27-,28+,29+,30+,31+,32+,33+,34+,35-,36-,37-,38-,39+,40+,41-,42-,43-,44+,45-,46-,49-,50+,51-,52-,53+,55-,56-,57+,58+,59-/m0/s1. The maximum atomic E-state index is 14.2. The van der Waals surface area contributed by atoms with Gasteiger partial charge in [-0.15, -0.1) is 0 Å². The fourth-order valence-corrected chi connectivity index (χ4v) is 17.0. The van der Waals surface area contributed by atoms with E-state index >= 15 is 0 Å². The number of aliphatic hydroxyl groups is 12. The lowest BCUT2D eigenvalue weighted by Crippen LogP contribution is -2.72. The number of rotatable bonds is 15. The molecule has 0 amide bonds. The Balaban J connectivity index is 1.05. The average molecular weight is 1230 g/mol. The predicted molar refractivity (Wildman–Crippen MR) is 288 cm³/mol. The molecular formula is C59H90O27. The lowest BCUT2D eigenvalue weighted by Gasteiger charge is -2.72. The molecule has 0 radical (unpaired) electrons. The quantitative estimate of drug-likeness (QED) is 0.0287. The molecule has 27 nitrogen and oxygen atoms in total. The third-order valence-corrected chi connectivity index (χ3v) is 22.2. The second kappa shape index (κ2) is 24.8. The van der Waals surface area contributed by atoms with Crippen molar-refractivity contribution >= 4 is 24.2 Å². The van der Waals surface area contributed by atoms with Gasteiger partial charge in [0.1, 0.15) is 91.7 Å². The van der Waals surface area contributed by atoms with Crippen LogP contribution in [0.3, 0.4) is 0 Å². The Hall–Kier alpha value is -3.24. The Kier molecular flexibility index (Phi) is 19.3. The summed E-state index contributed by atoms with van der Waals surface area (Å²) in [5.74, 6) is -4.24. The zero-order valence-electron chi connectivity index (χ0n) is 50.0. The molecule has 9 rings (SSSR count). The number of allylic oxidation sites excluding steroid dienone is 3. The summed E-state index contributed by atoms with van der Waals surface area (Å²) in [7, 11) is 0. The molecular weight excluding hydrogens is 1140 g/mol. The van der Waals surface area contributed by atoms with Gasteiger partial charge in [0.2, 0.25) is 0 Å². The summed E-state index contributed by atoms with van der Waals surface area (Å²) >= 11 is 0. The summed E-state index contributed by atoms with van der Waals surface area (Å²) in [6, 6.07) is 0. The van der Waals surface area contributed by atoms with Crippen molar-refractivity contribution in [3.63, 3.8) is 0 Å². The molecule has 30 atom stereocenters. The van der Waals surface area contributed by atoms with Gasteiger partial charge in [-0.3, -0.25) is 4.79 Å². The maximum Gasteiger partial charge on any atom is 0.335 e. The topological polar surface area (TPSA) is 424 Å². The van der Waals surface area contributed by atoms with E-state index in [1.807, 2.05) is 13.8 Å². The van der Waals surface area contributed by atoms with Gasteiger partial charge in [-0.2, -0.15) is 0 Å². The molecule has 4 saturated heterocycles. The molecule has 5 aliphatic carbocycles. The number of carboxylic acids is 1. The fourth-order valence-electron chi connectivity index (χ4n) is 17.0. The van der Waals surface area contributed by atoms with E-state index in [9.17, 15) is 85.6 Å². The van der Waals surface area contributed by atoms with E-state index in [0.717, 1.165) is 11.9 Å². The van der Waals surface area contributed by atoms with Gasteiger partial charge in [-0.25, -0.2) is 9.59 Å². The molecule has 13 N–H and O–H groups in total. The highest BCUT2D eigenvalue weighted by atomic mass is 16.8. The fraction of sp³-hybridized carbons (Fsp3) is 0.864. The minimum absolute atomic E-state index is 0.112. The Morgan fingerprint density at radius 2 is 1.37 bits per heavy atom. The Morgan fingerprint density at radius 1 is 0.698 bits per heavy atom. The maximum absolute atomic E-state index is 14.2. The predicted octanol–water partition coefficient (Wildman–Crippen LogP) is -1.66. The molecule has 4 saturated carbocycles. The van der Waals surface area contributed by atoms with Gasteiger partial charge in [-0.05, 0) is 92.8 Å². The van der Waals surface area contributed by atoms with Crippen LogP contribution in [-0.2, 0) is 66.5 Å². The molecule has 0 aromatic carbocycles. The number of carbonyl (C=O) groups excluding carboxylic acids is 3. The summed E-state index contributed by atoms with van der Waals surface area (Å²) in [5.41, 5.74) is -4.42. The van der Waals surface area contributed by atoms with E-state index in [0.29, 0.717) is 37.7 Å². The molecule has 0 aromatic rings. The molecule has 488 valence electrons. The lowest BCUT2D eigenvalue weighted by molar-refractivity contribution is -0.405. The molecule has 27 heteroatoms.